The molecule has 1 fully saturated rings. The number of aromatic nitrogens is 2. The molecule has 100 valence electrons. The number of hydrogen-bond acceptors (Lipinski definition) is 4. The van der Waals surface area contributed by atoms with E-state index in [-0.39, 0.29) is 24.7 Å². The van der Waals surface area contributed by atoms with Gasteiger partial charge >= 0.3 is 5.69 Å². The largest absolute Gasteiger partial charge is 0.396 e. The Bertz CT molecular complexity index is 505. The van der Waals surface area contributed by atoms with Crippen LogP contribution in [-0.4, -0.2) is 33.4 Å². The summed E-state index contributed by atoms with van der Waals surface area (Å²) in [6.45, 7) is -0.0591. The summed E-state index contributed by atoms with van der Waals surface area (Å²) < 4.78 is 0. The average Bonchev–Trinajstić information content (AvgIpc) is 2.39. The minimum atomic E-state index is -0.500. The highest BCUT2D eigenvalue weighted by molar-refractivity contribution is 5.12. The quantitative estimate of drug-likeness (QED) is 0.593. The van der Waals surface area contributed by atoms with Gasteiger partial charge in [0.2, 0.25) is 0 Å². The first-order valence-corrected chi connectivity index (χ1v) is 6.14. The van der Waals surface area contributed by atoms with E-state index in [0.717, 1.165) is 12.8 Å². The molecule has 0 unspecified atom stereocenters. The minimum Gasteiger partial charge on any atom is -0.396 e. The highest BCUT2D eigenvalue weighted by Gasteiger charge is 2.35. The summed E-state index contributed by atoms with van der Waals surface area (Å²) in [5.74, 6) is 0.0804. The number of rotatable bonds is 3. The van der Waals surface area contributed by atoms with Gasteiger partial charge in [-0.2, -0.15) is 0 Å². The fraction of sp³-hybridized carbons (Fsp3) is 0.667. The van der Waals surface area contributed by atoms with Crippen LogP contribution in [0.5, 0.6) is 0 Å². The molecule has 1 aromatic rings. The van der Waals surface area contributed by atoms with Gasteiger partial charge in [-0.25, -0.2) is 4.79 Å². The molecule has 6 heteroatoms. The van der Waals surface area contributed by atoms with Crippen LogP contribution in [0.1, 0.15) is 37.2 Å². The van der Waals surface area contributed by atoms with Gasteiger partial charge < -0.3 is 15.2 Å². The van der Waals surface area contributed by atoms with Crippen LogP contribution in [0.25, 0.3) is 0 Å². The molecule has 1 aromatic heterocycles. The monoisotopic (exact) mass is 254 g/mol. The van der Waals surface area contributed by atoms with Crippen LogP contribution in [0.2, 0.25) is 0 Å². The molecule has 1 aliphatic rings. The van der Waals surface area contributed by atoms with Gasteiger partial charge in [0.25, 0.3) is 5.56 Å². The molecular formula is C12H18N2O4. The summed E-state index contributed by atoms with van der Waals surface area (Å²) in [6.07, 6.45) is 4.30. The van der Waals surface area contributed by atoms with E-state index in [1.54, 1.807) is 0 Å². The van der Waals surface area contributed by atoms with Crippen molar-refractivity contribution >= 4 is 0 Å². The number of nitrogens with one attached hydrogen (secondary N) is 2. The maximum Gasteiger partial charge on any atom is 0.325 e. The van der Waals surface area contributed by atoms with Crippen LogP contribution in [0, 0.1) is 5.41 Å². The topological polar surface area (TPSA) is 106 Å². The van der Waals surface area contributed by atoms with Crippen molar-refractivity contribution in [1.82, 2.24) is 9.97 Å². The predicted molar refractivity (Wildman–Crippen MR) is 65.5 cm³/mol. The van der Waals surface area contributed by atoms with E-state index >= 15 is 0 Å². The second-order valence-corrected chi connectivity index (χ2v) is 5.12. The van der Waals surface area contributed by atoms with Crippen molar-refractivity contribution in [3.05, 3.63) is 32.6 Å². The Morgan fingerprint density at radius 3 is 2.33 bits per heavy atom. The van der Waals surface area contributed by atoms with Crippen molar-refractivity contribution < 1.29 is 10.2 Å². The molecule has 0 radical (unpaired) electrons. The molecule has 0 atom stereocenters. The summed E-state index contributed by atoms with van der Waals surface area (Å²) in [7, 11) is 0. The summed E-state index contributed by atoms with van der Waals surface area (Å²) in [5, 5.41) is 18.6. The highest BCUT2D eigenvalue weighted by atomic mass is 16.3. The molecule has 0 saturated heterocycles. The van der Waals surface area contributed by atoms with E-state index in [4.69, 9.17) is 0 Å². The number of aliphatic hydroxyl groups excluding tert-OH is 2. The standard InChI is InChI=1S/C12H18N2O4/c15-6-12(7-16)3-1-8(2-4-12)9-5-13-11(18)14-10(9)17/h5,8,15-16H,1-4,6-7H2,(H2,13,14,17,18). The summed E-state index contributed by atoms with van der Waals surface area (Å²) in [5.41, 5.74) is -0.672. The Hall–Kier alpha value is -1.40. The number of hydrogen-bond donors (Lipinski definition) is 4. The first kappa shape index (κ1) is 13.0. The van der Waals surface area contributed by atoms with Crippen molar-refractivity contribution in [3.63, 3.8) is 0 Å². The molecule has 6 nitrogen and oxygen atoms in total. The zero-order valence-electron chi connectivity index (χ0n) is 10.1. The molecule has 18 heavy (non-hydrogen) atoms. The fourth-order valence-electron chi connectivity index (χ4n) is 2.63. The van der Waals surface area contributed by atoms with Crippen LogP contribution in [0.15, 0.2) is 15.8 Å². The van der Waals surface area contributed by atoms with Gasteiger partial charge in [-0.3, -0.25) is 9.78 Å². The molecule has 0 bridgehead atoms. The van der Waals surface area contributed by atoms with Gasteiger partial charge in [-0.05, 0) is 31.6 Å². The first-order valence-electron chi connectivity index (χ1n) is 6.14. The van der Waals surface area contributed by atoms with E-state index in [1.807, 2.05) is 0 Å². The first-order chi connectivity index (χ1) is 8.60. The van der Waals surface area contributed by atoms with Gasteiger partial charge in [0, 0.05) is 17.2 Å². The van der Waals surface area contributed by atoms with Crippen molar-refractivity contribution in [1.29, 1.82) is 0 Å². The van der Waals surface area contributed by atoms with Crippen molar-refractivity contribution in [2.45, 2.75) is 31.6 Å². The number of H-pyrrole nitrogens is 2. The number of aliphatic hydroxyl groups is 2. The Morgan fingerprint density at radius 1 is 1.22 bits per heavy atom. The Morgan fingerprint density at radius 2 is 1.83 bits per heavy atom. The highest BCUT2D eigenvalue weighted by Crippen LogP contribution is 2.41. The molecule has 0 amide bonds. The van der Waals surface area contributed by atoms with E-state index in [0.29, 0.717) is 18.4 Å². The number of aromatic amines is 2. The van der Waals surface area contributed by atoms with Gasteiger partial charge in [-0.1, -0.05) is 0 Å². The Balaban J connectivity index is 2.14. The van der Waals surface area contributed by atoms with Crippen molar-refractivity contribution in [2.24, 2.45) is 5.41 Å². The molecule has 1 heterocycles. The SMILES string of the molecule is O=c1[nH]cc(C2CCC(CO)(CO)CC2)c(=O)[nH]1. The van der Waals surface area contributed by atoms with Gasteiger partial charge in [-0.15, -0.1) is 0 Å². The second-order valence-electron chi connectivity index (χ2n) is 5.12. The van der Waals surface area contributed by atoms with Crippen LogP contribution in [-0.2, 0) is 0 Å². The van der Waals surface area contributed by atoms with Gasteiger partial charge in [0.05, 0.1) is 13.2 Å². The molecule has 0 aromatic carbocycles. The van der Waals surface area contributed by atoms with E-state index in [9.17, 15) is 19.8 Å². The third kappa shape index (κ3) is 2.39. The third-order valence-electron chi connectivity index (χ3n) is 4.00. The van der Waals surface area contributed by atoms with Crippen molar-refractivity contribution in [3.8, 4) is 0 Å². The van der Waals surface area contributed by atoms with E-state index < -0.39 is 11.1 Å². The van der Waals surface area contributed by atoms with Crippen LogP contribution >= 0.6 is 0 Å². The van der Waals surface area contributed by atoms with Crippen LogP contribution < -0.4 is 11.2 Å². The predicted octanol–water partition coefficient (Wildman–Crippen LogP) is -0.308. The summed E-state index contributed by atoms with van der Waals surface area (Å²) in [4.78, 5) is 27.3. The molecular weight excluding hydrogens is 236 g/mol. The molecule has 1 aliphatic carbocycles. The zero-order chi connectivity index (χ0) is 13.2. The lowest BCUT2D eigenvalue weighted by atomic mass is 9.70. The zero-order valence-corrected chi connectivity index (χ0v) is 10.1. The smallest absolute Gasteiger partial charge is 0.325 e. The van der Waals surface area contributed by atoms with E-state index in [1.165, 1.54) is 6.20 Å². The Kier molecular flexibility index (Phi) is 3.68. The lowest BCUT2D eigenvalue weighted by Crippen LogP contribution is -2.35. The molecule has 4 N–H and O–H groups in total. The molecule has 2 rings (SSSR count). The Labute approximate surface area is 104 Å². The second kappa shape index (κ2) is 5.07. The fourth-order valence-corrected chi connectivity index (χ4v) is 2.63. The lowest BCUT2D eigenvalue weighted by molar-refractivity contribution is 0.0187. The maximum atomic E-state index is 11.7. The lowest BCUT2D eigenvalue weighted by Gasteiger charge is -2.37. The van der Waals surface area contributed by atoms with Gasteiger partial charge in [0.15, 0.2) is 0 Å². The molecule has 0 spiro atoms. The summed E-state index contributed by atoms with van der Waals surface area (Å²) >= 11 is 0. The molecule has 0 aliphatic heterocycles. The van der Waals surface area contributed by atoms with Crippen molar-refractivity contribution in [2.75, 3.05) is 13.2 Å². The molecule has 1 saturated carbocycles. The van der Waals surface area contributed by atoms with E-state index in [2.05, 4.69) is 9.97 Å². The summed E-state index contributed by atoms with van der Waals surface area (Å²) in [6, 6.07) is 0. The average molecular weight is 254 g/mol. The third-order valence-corrected chi connectivity index (χ3v) is 4.00. The minimum absolute atomic E-state index is 0.0296. The van der Waals surface area contributed by atoms with Crippen LogP contribution in [0.3, 0.4) is 0 Å². The maximum absolute atomic E-state index is 11.7. The van der Waals surface area contributed by atoms with Crippen LogP contribution in [0.4, 0.5) is 0 Å². The normalized spacial score (nSPS) is 19.9. The van der Waals surface area contributed by atoms with Gasteiger partial charge in [0.1, 0.15) is 0 Å².